The highest BCUT2D eigenvalue weighted by Crippen LogP contribution is 2.39. The third kappa shape index (κ3) is 7.39. The predicted molar refractivity (Wildman–Crippen MR) is 171 cm³/mol. The highest BCUT2D eigenvalue weighted by Gasteiger charge is 2.54. The molecule has 53 heavy (non-hydrogen) atoms. The summed E-state index contributed by atoms with van der Waals surface area (Å²) in [5.74, 6) is -2.31. The maximum atomic E-state index is 14.1. The van der Waals surface area contributed by atoms with Crippen LogP contribution >= 0.6 is 0 Å². The van der Waals surface area contributed by atoms with Gasteiger partial charge in [-0.2, -0.15) is 0 Å². The van der Waals surface area contributed by atoms with Crippen molar-refractivity contribution in [3.8, 4) is 34.3 Å². The molecule has 0 unspecified atom stereocenters. The van der Waals surface area contributed by atoms with Crippen molar-refractivity contribution in [1.82, 2.24) is 0 Å². The Labute approximate surface area is 298 Å². The predicted octanol–water partition coefficient (Wildman–Crippen LogP) is -3.57. The first kappa shape index (κ1) is 39.0. The number of phenols is 3. The van der Waals surface area contributed by atoms with Crippen LogP contribution in [0.5, 0.6) is 23.0 Å². The van der Waals surface area contributed by atoms with Gasteiger partial charge in [0.15, 0.2) is 24.4 Å². The first-order valence-electron chi connectivity index (χ1n) is 16.4. The molecule has 3 saturated heterocycles. The summed E-state index contributed by atoms with van der Waals surface area (Å²) in [6.45, 7) is -0.354. The van der Waals surface area contributed by atoms with E-state index >= 15 is 0 Å². The lowest BCUT2D eigenvalue weighted by molar-refractivity contribution is -0.382. The average Bonchev–Trinajstić information content (AvgIpc) is 3.12. The van der Waals surface area contributed by atoms with Crippen LogP contribution in [-0.4, -0.2) is 167 Å². The molecule has 20 nitrogen and oxygen atoms in total. The van der Waals surface area contributed by atoms with Gasteiger partial charge in [-0.15, -0.1) is 0 Å². The van der Waals surface area contributed by atoms with Crippen molar-refractivity contribution < 1.29 is 94.1 Å². The van der Waals surface area contributed by atoms with Crippen LogP contribution in [0.15, 0.2) is 45.6 Å². The van der Waals surface area contributed by atoms with Crippen molar-refractivity contribution in [1.29, 1.82) is 0 Å². The van der Waals surface area contributed by atoms with Crippen molar-refractivity contribution in [2.45, 2.75) is 99.0 Å². The van der Waals surface area contributed by atoms with Crippen LogP contribution in [0, 0.1) is 0 Å². The van der Waals surface area contributed by atoms with Crippen molar-refractivity contribution in [3.05, 3.63) is 46.6 Å². The number of hydrogen-bond acceptors (Lipinski definition) is 20. The Kier molecular flexibility index (Phi) is 11.5. The first-order chi connectivity index (χ1) is 25.1. The summed E-state index contributed by atoms with van der Waals surface area (Å²) in [6, 6.07) is 7.12. The number of phenolic OH excluding ortho intramolecular Hbond substituents is 3. The molecule has 0 spiro atoms. The molecule has 3 aliphatic rings. The zero-order valence-corrected chi connectivity index (χ0v) is 27.7. The zero-order valence-electron chi connectivity index (χ0n) is 27.7. The Morgan fingerprint density at radius 2 is 1.19 bits per heavy atom. The zero-order chi connectivity index (χ0) is 38.5. The molecule has 6 rings (SSSR count). The molecule has 292 valence electrons. The van der Waals surface area contributed by atoms with Gasteiger partial charge in [-0.3, -0.25) is 4.79 Å². The van der Waals surface area contributed by atoms with Gasteiger partial charge in [-0.25, -0.2) is 0 Å². The third-order valence-electron chi connectivity index (χ3n) is 9.32. The van der Waals surface area contributed by atoms with Crippen molar-refractivity contribution >= 4 is 11.0 Å². The Hall–Kier alpha value is -3.71. The molecule has 3 fully saturated rings. The topological polar surface area (TPSA) is 328 Å². The number of fused-ring (bicyclic) bond motifs is 1. The van der Waals surface area contributed by atoms with Crippen LogP contribution in [0.2, 0.25) is 0 Å². The molecule has 2 aromatic carbocycles. The fourth-order valence-electron chi connectivity index (χ4n) is 6.34. The van der Waals surface area contributed by atoms with Gasteiger partial charge in [0.05, 0.1) is 19.3 Å². The van der Waals surface area contributed by atoms with E-state index in [1.54, 1.807) is 0 Å². The molecular formula is C33H40O20. The van der Waals surface area contributed by atoms with Gasteiger partial charge < -0.3 is 94.1 Å². The largest absolute Gasteiger partial charge is 0.508 e. The fourth-order valence-corrected chi connectivity index (χ4v) is 6.34. The van der Waals surface area contributed by atoms with Gasteiger partial charge in [0.25, 0.3) is 0 Å². The van der Waals surface area contributed by atoms with Gasteiger partial charge in [0.1, 0.15) is 89.3 Å². The van der Waals surface area contributed by atoms with Gasteiger partial charge in [-0.1, -0.05) is 0 Å². The molecule has 1 aromatic heterocycles. The molecule has 0 amide bonds. The Morgan fingerprint density at radius 3 is 1.74 bits per heavy atom. The smallest absolute Gasteiger partial charge is 0.239 e. The summed E-state index contributed by atoms with van der Waals surface area (Å²) in [5, 5.41) is 124. The van der Waals surface area contributed by atoms with E-state index in [-0.39, 0.29) is 22.7 Å². The number of benzene rings is 2. The van der Waals surface area contributed by atoms with Crippen molar-refractivity contribution in [2.24, 2.45) is 0 Å². The second-order valence-electron chi connectivity index (χ2n) is 12.9. The number of rotatable bonds is 9. The maximum Gasteiger partial charge on any atom is 0.239 e. The molecule has 12 N–H and O–H groups in total. The highest BCUT2D eigenvalue weighted by molar-refractivity contribution is 5.88. The summed E-state index contributed by atoms with van der Waals surface area (Å²) in [5.41, 5.74) is -1.18. The molecule has 0 saturated carbocycles. The molecule has 3 aliphatic heterocycles. The average molecular weight is 757 g/mol. The lowest BCUT2D eigenvalue weighted by Crippen LogP contribution is -2.67. The van der Waals surface area contributed by atoms with E-state index in [1.165, 1.54) is 31.2 Å². The molecule has 15 atom stereocenters. The number of ether oxygens (including phenoxy) is 6. The van der Waals surface area contributed by atoms with E-state index in [1.807, 2.05) is 0 Å². The molecule has 0 radical (unpaired) electrons. The minimum absolute atomic E-state index is 0.129. The van der Waals surface area contributed by atoms with E-state index in [2.05, 4.69) is 0 Å². The van der Waals surface area contributed by atoms with Gasteiger partial charge >= 0.3 is 0 Å². The Bertz CT molecular complexity index is 1780. The molecule has 20 heteroatoms. The van der Waals surface area contributed by atoms with Crippen LogP contribution in [0.1, 0.15) is 6.92 Å². The molecular weight excluding hydrogens is 716 g/mol. The summed E-state index contributed by atoms with van der Waals surface area (Å²) in [4.78, 5) is 14.1. The van der Waals surface area contributed by atoms with E-state index in [0.717, 1.165) is 12.1 Å². The van der Waals surface area contributed by atoms with E-state index < -0.39 is 133 Å². The Balaban J connectivity index is 1.46. The lowest BCUT2D eigenvalue weighted by atomic mass is 9.96. The monoisotopic (exact) mass is 756 g/mol. The minimum Gasteiger partial charge on any atom is -0.508 e. The SMILES string of the molecule is C[C@@H]1O[C@@H](Oc2c(-c3ccc(O)cc3)oc3cc(O)cc(O)c3c2=O)[C@@H](O[C@@H]2O[C@H](CO)[C@@H](O)[C@H](O)[C@@H]2O)[C@H](O[C@@H]2O[C@@H](CO)[C@@H](O)[C@H](O)[C@H]2O)[C@H]1O. The molecule has 0 bridgehead atoms. The molecule has 3 aromatic rings. The summed E-state index contributed by atoms with van der Waals surface area (Å²) in [6.07, 6.45) is -26.9. The second kappa shape index (κ2) is 15.6. The van der Waals surface area contributed by atoms with Crippen LogP contribution in [0.3, 0.4) is 0 Å². The lowest BCUT2D eigenvalue weighted by Gasteiger charge is -2.48. The highest BCUT2D eigenvalue weighted by atomic mass is 16.8. The summed E-state index contributed by atoms with van der Waals surface area (Å²) >= 11 is 0. The van der Waals surface area contributed by atoms with Crippen molar-refractivity contribution in [3.63, 3.8) is 0 Å². The van der Waals surface area contributed by atoms with Crippen LogP contribution < -0.4 is 10.2 Å². The third-order valence-corrected chi connectivity index (χ3v) is 9.32. The molecule has 0 aliphatic carbocycles. The van der Waals surface area contributed by atoms with Crippen LogP contribution in [-0.2, 0) is 23.7 Å². The fraction of sp³-hybridized carbons (Fsp3) is 0.545. The van der Waals surface area contributed by atoms with E-state index in [0.29, 0.717) is 0 Å². The second-order valence-corrected chi connectivity index (χ2v) is 12.9. The minimum atomic E-state index is -2.03. The van der Waals surface area contributed by atoms with Gasteiger partial charge in [0, 0.05) is 17.7 Å². The van der Waals surface area contributed by atoms with Crippen LogP contribution in [0.25, 0.3) is 22.3 Å². The summed E-state index contributed by atoms with van der Waals surface area (Å²) < 4.78 is 40.8. The number of aromatic hydroxyl groups is 3. The summed E-state index contributed by atoms with van der Waals surface area (Å²) in [7, 11) is 0. The van der Waals surface area contributed by atoms with Crippen LogP contribution in [0.4, 0.5) is 0 Å². The maximum absolute atomic E-state index is 14.1. The normalized spacial score (nSPS) is 37.8. The molecule has 4 heterocycles. The number of hydrogen-bond donors (Lipinski definition) is 12. The van der Waals surface area contributed by atoms with E-state index in [9.17, 15) is 66.1 Å². The number of aliphatic hydroxyl groups excluding tert-OH is 9. The first-order valence-corrected chi connectivity index (χ1v) is 16.4. The van der Waals surface area contributed by atoms with Gasteiger partial charge in [-0.05, 0) is 31.2 Å². The van der Waals surface area contributed by atoms with E-state index in [4.69, 9.17) is 32.8 Å². The quantitative estimate of drug-likeness (QED) is 0.100. The number of aliphatic hydroxyl groups is 9. The Morgan fingerprint density at radius 1 is 0.642 bits per heavy atom. The van der Waals surface area contributed by atoms with Gasteiger partial charge in [0.2, 0.25) is 17.5 Å². The van der Waals surface area contributed by atoms with Crippen molar-refractivity contribution in [2.75, 3.05) is 13.2 Å². The standard InChI is InChI=1S/C33H40O20/c1-10-19(39)28(51-31-25(45)23(43)20(40)16(8-34)49-31)30(53-32-26(46)24(44)21(41)17(9-35)50-32)33(47-10)52-29-22(42)18-14(38)6-13(37)7-15(18)48-27(29)11-2-4-12(36)5-3-11/h2-7,10,16-17,19-21,23-26,28,30-41,43-46H,8-9H2,1H3/t10-,16-,17+,19-,20+,21+,23-,24-,25+,26-,28+,30-,31-,32-,33-/m0/s1.